The summed E-state index contributed by atoms with van der Waals surface area (Å²) in [6, 6.07) is 0. The third-order valence-corrected chi connectivity index (χ3v) is 1.10. The molecule has 0 aromatic carbocycles. The third-order valence-electron chi connectivity index (χ3n) is 0.326. The van der Waals surface area contributed by atoms with Gasteiger partial charge in [-0.1, -0.05) is 17.2 Å². The Labute approximate surface area is 49.6 Å². The second kappa shape index (κ2) is 4.40. The Hall–Kier alpha value is 0.240. The molecule has 0 aliphatic carbocycles. The Balaban J connectivity index is 2.86. The zero-order valence-corrected chi connectivity index (χ0v) is 5.67. The number of terminal acetylenes is 1. The minimum Gasteiger partial charge on any atom is -0.331 e. The molecule has 3 heteroatoms. The fourth-order valence-electron chi connectivity index (χ4n) is 0.126. The molecule has 0 aromatic heterocycles. The minimum atomic E-state index is -0.777. The summed E-state index contributed by atoms with van der Waals surface area (Å²) in [6.45, 7) is 2.11. The van der Waals surface area contributed by atoms with Gasteiger partial charge in [-0.2, -0.15) is 0 Å². The maximum absolute atomic E-state index is 5.40. The van der Waals surface area contributed by atoms with E-state index in [0.29, 0.717) is 6.61 Å². The predicted octanol–water partition coefficient (Wildman–Crippen LogP) is 1.82. The van der Waals surface area contributed by atoms with Crippen molar-refractivity contribution in [2.75, 3.05) is 13.3 Å². The zero-order chi connectivity index (χ0) is 5.70. The molecule has 0 aliphatic heterocycles. The predicted molar refractivity (Wildman–Crippen MR) is 33.5 cm³/mol. The number of rotatable bonds is 2. The van der Waals surface area contributed by atoms with Crippen molar-refractivity contribution in [2.45, 2.75) is 0 Å². The van der Waals surface area contributed by atoms with E-state index in [1.165, 1.54) is 0 Å². The van der Waals surface area contributed by atoms with E-state index in [9.17, 15) is 0 Å². The lowest BCUT2D eigenvalue weighted by molar-refractivity contribution is 0.424. The molecular formula is C4H6ClOP. The van der Waals surface area contributed by atoms with Crippen LogP contribution in [0.25, 0.3) is 0 Å². The van der Waals surface area contributed by atoms with Crippen LogP contribution in [0.3, 0.4) is 0 Å². The molecule has 0 radical (unpaired) electrons. The van der Waals surface area contributed by atoms with Crippen LogP contribution in [0.15, 0.2) is 0 Å². The summed E-state index contributed by atoms with van der Waals surface area (Å²) in [5.74, 6) is 2.31. The van der Waals surface area contributed by atoms with Crippen molar-refractivity contribution in [3.05, 3.63) is 0 Å². The van der Waals surface area contributed by atoms with Gasteiger partial charge in [0.2, 0.25) is 0 Å². The van der Waals surface area contributed by atoms with E-state index in [-0.39, 0.29) is 0 Å². The van der Waals surface area contributed by atoms with Crippen LogP contribution < -0.4 is 0 Å². The molecule has 0 aromatic rings. The first-order chi connectivity index (χ1) is 3.27. The maximum Gasteiger partial charge on any atom is 0.122 e. The van der Waals surface area contributed by atoms with Gasteiger partial charge in [0.25, 0.3) is 0 Å². The molecule has 0 bridgehead atoms. The van der Waals surface area contributed by atoms with Crippen molar-refractivity contribution in [1.29, 1.82) is 0 Å². The Morgan fingerprint density at radius 3 is 2.71 bits per heavy atom. The van der Waals surface area contributed by atoms with Gasteiger partial charge in [0.1, 0.15) is 14.1 Å². The van der Waals surface area contributed by atoms with Crippen molar-refractivity contribution < 1.29 is 4.52 Å². The molecule has 0 aliphatic rings. The fraction of sp³-hybridized carbons (Fsp3) is 0.500. The molecule has 0 fully saturated rings. The van der Waals surface area contributed by atoms with E-state index in [1.54, 1.807) is 6.66 Å². The molecule has 0 N–H and O–H groups in total. The monoisotopic (exact) mass is 136 g/mol. The molecular weight excluding hydrogens is 130 g/mol. The van der Waals surface area contributed by atoms with Gasteiger partial charge in [-0.25, -0.2) is 0 Å². The summed E-state index contributed by atoms with van der Waals surface area (Å²) in [4.78, 5) is 0. The van der Waals surface area contributed by atoms with E-state index in [1.807, 2.05) is 0 Å². The normalized spacial score (nSPS) is 12.7. The quantitative estimate of drug-likeness (QED) is 0.416. The molecule has 0 rings (SSSR count). The van der Waals surface area contributed by atoms with Crippen molar-refractivity contribution in [3.63, 3.8) is 0 Å². The summed E-state index contributed by atoms with van der Waals surface area (Å²) in [5, 5.41) is 0. The molecule has 7 heavy (non-hydrogen) atoms. The van der Waals surface area contributed by atoms with Crippen molar-refractivity contribution in [2.24, 2.45) is 0 Å². The molecule has 0 heterocycles. The summed E-state index contributed by atoms with van der Waals surface area (Å²) in [7, 11) is -0.777. The zero-order valence-electron chi connectivity index (χ0n) is 4.02. The average Bonchev–Trinajstić information content (AvgIpc) is 1.61. The standard InChI is InChI=1S/C4H6ClOP/c1-3-4-6-7(2)5/h1H,4H2,2H3. The minimum absolute atomic E-state index is 0.325. The highest BCUT2D eigenvalue weighted by molar-refractivity contribution is 7.79. The van der Waals surface area contributed by atoms with Crippen LogP contribution in [0, 0.1) is 12.3 Å². The second-order valence-electron chi connectivity index (χ2n) is 0.898. The van der Waals surface area contributed by atoms with Gasteiger partial charge >= 0.3 is 0 Å². The van der Waals surface area contributed by atoms with E-state index in [2.05, 4.69) is 5.92 Å². The summed E-state index contributed by atoms with van der Waals surface area (Å²) in [6.07, 6.45) is 4.85. The van der Waals surface area contributed by atoms with Crippen LogP contribution >= 0.6 is 18.7 Å². The highest BCUT2D eigenvalue weighted by atomic mass is 35.7. The Bertz CT molecular complexity index is 76.2. The first kappa shape index (κ1) is 7.24. The largest absolute Gasteiger partial charge is 0.331 e. The molecule has 0 saturated carbocycles. The summed E-state index contributed by atoms with van der Waals surface area (Å²) in [5.41, 5.74) is 0. The lowest BCUT2D eigenvalue weighted by Crippen LogP contribution is -1.77. The van der Waals surface area contributed by atoms with E-state index in [0.717, 1.165) is 0 Å². The topological polar surface area (TPSA) is 9.23 Å². The Morgan fingerprint density at radius 1 is 2.00 bits per heavy atom. The highest BCUT2D eigenvalue weighted by Gasteiger charge is 1.89. The SMILES string of the molecule is C#CCOP(C)Cl. The van der Waals surface area contributed by atoms with Gasteiger partial charge in [-0.3, -0.25) is 0 Å². The van der Waals surface area contributed by atoms with Gasteiger partial charge in [-0.05, 0) is 6.66 Å². The van der Waals surface area contributed by atoms with Crippen LogP contribution in [-0.4, -0.2) is 13.3 Å². The Kier molecular flexibility index (Phi) is 4.55. The van der Waals surface area contributed by atoms with Gasteiger partial charge in [0, 0.05) is 0 Å². The van der Waals surface area contributed by atoms with Crippen LogP contribution in [0.2, 0.25) is 0 Å². The van der Waals surface area contributed by atoms with Crippen LogP contribution in [0.1, 0.15) is 0 Å². The van der Waals surface area contributed by atoms with Crippen LogP contribution in [0.5, 0.6) is 0 Å². The molecule has 1 nitrogen and oxygen atoms in total. The van der Waals surface area contributed by atoms with Crippen molar-refractivity contribution >= 4 is 18.7 Å². The average molecular weight is 137 g/mol. The fourth-order valence-corrected chi connectivity index (χ4v) is 0.525. The molecule has 0 saturated heterocycles. The van der Waals surface area contributed by atoms with E-state index < -0.39 is 7.50 Å². The molecule has 0 amide bonds. The lowest BCUT2D eigenvalue weighted by atomic mass is 10.8. The summed E-state index contributed by atoms with van der Waals surface area (Å²) < 4.78 is 4.79. The third kappa shape index (κ3) is 6.24. The summed E-state index contributed by atoms with van der Waals surface area (Å²) >= 11 is 5.40. The van der Waals surface area contributed by atoms with Crippen LogP contribution in [-0.2, 0) is 4.52 Å². The first-order valence-corrected chi connectivity index (χ1v) is 4.34. The molecule has 1 unspecified atom stereocenters. The van der Waals surface area contributed by atoms with Gasteiger partial charge in [0.15, 0.2) is 0 Å². The maximum atomic E-state index is 5.40. The highest BCUT2D eigenvalue weighted by Crippen LogP contribution is 2.36. The second-order valence-corrected chi connectivity index (χ2v) is 3.43. The van der Waals surface area contributed by atoms with Gasteiger partial charge < -0.3 is 4.52 Å². The Morgan fingerprint density at radius 2 is 2.57 bits per heavy atom. The van der Waals surface area contributed by atoms with Crippen LogP contribution in [0.4, 0.5) is 0 Å². The number of hydrogen-bond donors (Lipinski definition) is 0. The molecule has 0 spiro atoms. The lowest BCUT2D eigenvalue weighted by Gasteiger charge is -1.96. The number of halogens is 1. The van der Waals surface area contributed by atoms with E-state index >= 15 is 0 Å². The molecule has 40 valence electrons. The smallest absolute Gasteiger partial charge is 0.122 e. The van der Waals surface area contributed by atoms with Crippen molar-refractivity contribution in [3.8, 4) is 12.3 Å². The van der Waals surface area contributed by atoms with Crippen molar-refractivity contribution in [1.82, 2.24) is 0 Å². The van der Waals surface area contributed by atoms with E-state index in [4.69, 9.17) is 22.2 Å². The van der Waals surface area contributed by atoms with Gasteiger partial charge in [0.05, 0.1) is 0 Å². The van der Waals surface area contributed by atoms with Gasteiger partial charge in [-0.15, -0.1) is 6.42 Å². The molecule has 1 atom stereocenters. The first-order valence-electron chi connectivity index (χ1n) is 1.73. The number of hydrogen-bond acceptors (Lipinski definition) is 1.